The molecule has 2 aromatic rings. The zero-order chi connectivity index (χ0) is 14.3. The zero-order valence-electron chi connectivity index (χ0n) is 11.2. The van der Waals surface area contributed by atoms with Crippen LogP contribution < -0.4 is 5.32 Å². The van der Waals surface area contributed by atoms with Gasteiger partial charge in [0.1, 0.15) is 11.5 Å². The van der Waals surface area contributed by atoms with E-state index in [0.717, 1.165) is 12.8 Å². The summed E-state index contributed by atoms with van der Waals surface area (Å²) in [5.41, 5.74) is 0.296. The molecule has 1 saturated carbocycles. The van der Waals surface area contributed by atoms with Crippen LogP contribution in [0, 0.1) is 11.7 Å². The Kier molecular flexibility index (Phi) is 3.01. The van der Waals surface area contributed by atoms with E-state index in [4.69, 9.17) is 0 Å². The summed E-state index contributed by atoms with van der Waals surface area (Å²) in [6, 6.07) is 6.18. The first kappa shape index (κ1) is 13.1. The van der Waals surface area contributed by atoms with E-state index in [-0.39, 0.29) is 18.3 Å². The van der Waals surface area contributed by atoms with Gasteiger partial charge < -0.3 is 15.4 Å². The molecule has 20 heavy (non-hydrogen) atoms. The maximum Gasteiger partial charge on any atom is 0.268 e. The van der Waals surface area contributed by atoms with Crippen molar-refractivity contribution in [3.8, 4) is 0 Å². The number of aromatic nitrogens is 1. The number of hydrogen-bond donors (Lipinski definition) is 3. The first-order valence-electron chi connectivity index (χ1n) is 6.74. The molecule has 3 rings (SSSR count). The van der Waals surface area contributed by atoms with Gasteiger partial charge in [0, 0.05) is 10.9 Å². The minimum absolute atomic E-state index is 0.0992. The second kappa shape index (κ2) is 4.59. The number of aromatic amines is 1. The molecule has 0 aliphatic heterocycles. The number of hydrogen-bond acceptors (Lipinski definition) is 2. The molecule has 0 spiro atoms. The monoisotopic (exact) mass is 276 g/mol. The topological polar surface area (TPSA) is 65.1 Å². The molecule has 1 aromatic heterocycles. The van der Waals surface area contributed by atoms with E-state index in [1.54, 1.807) is 12.1 Å². The van der Waals surface area contributed by atoms with Crippen molar-refractivity contribution in [3.05, 3.63) is 35.8 Å². The molecule has 3 N–H and O–H groups in total. The van der Waals surface area contributed by atoms with Gasteiger partial charge in [-0.15, -0.1) is 0 Å². The molecule has 1 aromatic carbocycles. The Labute approximate surface area is 116 Å². The van der Waals surface area contributed by atoms with E-state index >= 15 is 0 Å². The minimum Gasteiger partial charge on any atom is -0.394 e. The molecule has 0 bridgehead atoms. The van der Waals surface area contributed by atoms with E-state index in [1.807, 2.05) is 6.92 Å². The number of carbonyl (C=O) groups excluding carboxylic acids is 1. The van der Waals surface area contributed by atoms with Crippen molar-refractivity contribution >= 4 is 16.8 Å². The summed E-state index contributed by atoms with van der Waals surface area (Å²) in [5.74, 6) is -0.355. The first-order valence-corrected chi connectivity index (χ1v) is 6.74. The molecule has 0 saturated heterocycles. The van der Waals surface area contributed by atoms with Gasteiger partial charge in [0.15, 0.2) is 0 Å². The summed E-state index contributed by atoms with van der Waals surface area (Å²) in [7, 11) is 0. The van der Waals surface area contributed by atoms with Crippen molar-refractivity contribution < 1.29 is 14.3 Å². The molecule has 5 heteroatoms. The number of nitrogens with one attached hydrogen (secondary N) is 2. The number of halogens is 1. The van der Waals surface area contributed by atoms with Crippen molar-refractivity contribution in [3.63, 3.8) is 0 Å². The van der Waals surface area contributed by atoms with E-state index in [9.17, 15) is 14.3 Å². The van der Waals surface area contributed by atoms with Crippen molar-refractivity contribution in [1.29, 1.82) is 0 Å². The highest BCUT2D eigenvalue weighted by Crippen LogP contribution is 2.39. The van der Waals surface area contributed by atoms with Crippen LogP contribution in [0.4, 0.5) is 4.39 Å². The van der Waals surface area contributed by atoms with Crippen LogP contribution in [0.5, 0.6) is 0 Å². The Hall–Kier alpha value is -1.88. The highest BCUT2D eigenvalue weighted by Gasteiger charge is 2.42. The van der Waals surface area contributed by atoms with Crippen LogP contribution in [0.15, 0.2) is 24.3 Å². The van der Waals surface area contributed by atoms with Crippen molar-refractivity contribution in [2.24, 2.45) is 5.92 Å². The van der Waals surface area contributed by atoms with Gasteiger partial charge in [-0.05, 0) is 43.9 Å². The third-order valence-electron chi connectivity index (χ3n) is 4.06. The maximum atomic E-state index is 13.6. The molecule has 1 heterocycles. The van der Waals surface area contributed by atoms with Gasteiger partial charge >= 0.3 is 0 Å². The Balaban J connectivity index is 1.87. The van der Waals surface area contributed by atoms with Gasteiger partial charge in [-0.25, -0.2) is 4.39 Å². The SMILES string of the molecule is CC(CO)(NC(=O)c1cc2c(F)cccc2[nH]1)C1CC1. The summed E-state index contributed by atoms with van der Waals surface area (Å²) in [5, 5.41) is 12.7. The standard InChI is InChI=1S/C15H17FN2O2/c1-15(8-19,9-5-6-9)18-14(20)13-7-10-11(16)3-2-4-12(10)17-13/h2-4,7,9,17,19H,5-6,8H2,1H3,(H,18,20). The quantitative estimate of drug-likeness (QED) is 0.801. The van der Waals surface area contributed by atoms with E-state index in [2.05, 4.69) is 10.3 Å². The number of aliphatic hydroxyl groups is 1. The third-order valence-corrected chi connectivity index (χ3v) is 4.06. The summed E-state index contributed by atoms with van der Waals surface area (Å²) in [6.07, 6.45) is 2.03. The number of H-pyrrole nitrogens is 1. The Morgan fingerprint density at radius 2 is 2.30 bits per heavy atom. The third kappa shape index (κ3) is 2.18. The van der Waals surface area contributed by atoms with Crippen molar-refractivity contribution in [2.45, 2.75) is 25.3 Å². The molecule has 1 aliphatic carbocycles. The molecule has 4 nitrogen and oxygen atoms in total. The Bertz CT molecular complexity index is 663. The summed E-state index contributed by atoms with van der Waals surface area (Å²) in [4.78, 5) is 15.2. The van der Waals surface area contributed by atoms with Gasteiger partial charge in [0.2, 0.25) is 0 Å². The Morgan fingerprint density at radius 3 is 2.90 bits per heavy atom. The average Bonchev–Trinajstić information content (AvgIpc) is 3.19. The minimum atomic E-state index is -0.604. The van der Waals surface area contributed by atoms with Crippen molar-refractivity contribution in [1.82, 2.24) is 10.3 Å². The maximum absolute atomic E-state index is 13.6. The average molecular weight is 276 g/mol. The van der Waals surface area contributed by atoms with E-state index in [1.165, 1.54) is 12.1 Å². The summed E-state index contributed by atoms with van der Waals surface area (Å²) < 4.78 is 13.6. The lowest BCUT2D eigenvalue weighted by molar-refractivity contribution is 0.0820. The normalized spacial score (nSPS) is 17.9. The molecule has 1 fully saturated rings. The zero-order valence-corrected chi connectivity index (χ0v) is 11.2. The molecule has 106 valence electrons. The second-order valence-corrected chi connectivity index (χ2v) is 5.69. The highest BCUT2D eigenvalue weighted by atomic mass is 19.1. The smallest absolute Gasteiger partial charge is 0.268 e. The van der Waals surface area contributed by atoms with Crippen LogP contribution >= 0.6 is 0 Å². The van der Waals surface area contributed by atoms with Crippen LogP contribution in [-0.2, 0) is 0 Å². The second-order valence-electron chi connectivity index (χ2n) is 5.69. The largest absolute Gasteiger partial charge is 0.394 e. The highest BCUT2D eigenvalue weighted by molar-refractivity contribution is 5.98. The molecule has 1 unspecified atom stereocenters. The van der Waals surface area contributed by atoms with E-state index < -0.39 is 5.54 Å². The van der Waals surface area contributed by atoms with Crippen LogP contribution in [0.2, 0.25) is 0 Å². The summed E-state index contributed by atoms with van der Waals surface area (Å²) in [6.45, 7) is 1.74. The molecular weight excluding hydrogens is 259 g/mol. The fourth-order valence-electron chi connectivity index (χ4n) is 2.56. The van der Waals surface area contributed by atoms with Crippen LogP contribution in [0.25, 0.3) is 10.9 Å². The van der Waals surface area contributed by atoms with E-state index in [0.29, 0.717) is 22.5 Å². The number of benzene rings is 1. The molecular formula is C15H17FN2O2. The van der Waals surface area contributed by atoms with Crippen LogP contribution in [0.3, 0.4) is 0 Å². The predicted molar refractivity (Wildman–Crippen MR) is 73.9 cm³/mol. The Morgan fingerprint density at radius 1 is 1.55 bits per heavy atom. The predicted octanol–water partition coefficient (Wildman–Crippen LogP) is 2.20. The molecule has 1 aliphatic rings. The molecule has 1 amide bonds. The van der Waals surface area contributed by atoms with Crippen LogP contribution in [-0.4, -0.2) is 28.1 Å². The number of rotatable bonds is 4. The molecule has 0 radical (unpaired) electrons. The summed E-state index contributed by atoms with van der Waals surface area (Å²) >= 11 is 0. The lowest BCUT2D eigenvalue weighted by atomic mass is 9.97. The number of amides is 1. The van der Waals surface area contributed by atoms with Gasteiger partial charge in [-0.3, -0.25) is 4.79 Å². The first-order chi connectivity index (χ1) is 9.53. The van der Waals surface area contributed by atoms with Gasteiger partial charge in [0.25, 0.3) is 5.91 Å². The lowest BCUT2D eigenvalue weighted by Crippen LogP contribution is -2.50. The van der Waals surface area contributed by atoms with Gasteiger partial charge in [-0.2, -0.15) is 0 Å². The number of carbonyl (C=O) groups is 1. The van der Waals surface area contributed by atoms with Gasteiger partial charge in [-0.1, -0.05) is 6.07 Å². The van der Waals surface area contributed by atoms with Crippen molar-refractivity contribution in [2.75, 3.05) is 6.61 Å². The fourth-order valence-corrected chi connectivity index (χ4v) is 2.56. The van der Waals surface area contributed by atoms with Gasteiger partial charge in [0.05, 0.1) is 12.1 Å². The lowest BCUT2D eigenvalue weighted by Gasteiger charge is -2.28. The number of fused-ring (bicyclic) bond motifs is 1. The molecule has 1 atom stereocenters. The number of aliphatic hydroxyl groups excluding tert-OH is 1. The fraction of sp³-hybridized carbons (Fsp3) is 0.400. The van der Waals surface area contributed by atoms with Crippen LogP contribution in [0.1, 0.15) is 30.3 Å².